The van der Waals surface area contributed by atoms with Gasteiger partial charge in [0.15, 0.2) is 0 Å². The lowest BCUT2D eigenvalue weighted by molar-refractivity contribution is -0.918. The van der Waals surface area contributed by atoms with Gasteiger partial charge in [0.1, 0.15) is 6.54 Å². The van der Waals surface area contributed by atoms with Crippen molar-refractivity contribution < 1.29 is 4.90 Å². The van der Waals surface area contributed by atoms with Gasteiger partial charge < -0.3 is 14.9 Å². The fourth-order valence-electron chi connectivity index (χ4n) is 4.95. The molecule has 0 saturated carbocycles. The normalized spacial score (nSPS) is 15.0. The molecule has 0 radical (unpaired) electrons. The number of aromatic nitrogens is 4. The first kappa shape index (κ1) is 19.1. The molecule has 160 valence electrons. The molecule has 6 nitrogen and oxygen atoms in total. The van der Waals surface area contributed by atoms with Crippen molar-refractivity contribution in [3.63, 3.8) is 0 Å². The fraction of sp³-hybridized carbons (Fsp3) is 0.231. The molecular formula is C26H26N5O+. The third-order valence-electron chi connectivity index (χ3n) is 6.67. The molecule has 6 rings (SSSR count). The minimum Gasteiger partial charge on any atom is -0.354 e. The summed E-state index contributed by atoms with van der Waals surface area (Å²) in [5.74, 6) is 0. The van der Waals surface area contributed by atoms with Crippen LogP contribution in [-0.2, 0) is 6.54 Å². The highest BCUT2D eigenvalue weighted by atomic mass is 16.1. The zero-order chi connectivity index (χ0) is 21.5. The first-order valence-electron chi connectivity index (χ1n) is 11.3. The van der Waals surface area contributed by atoms with Gasteiger partial charge in [-0.25, -0.2) is 0 Å². The van der Waals surface area contributed by atoms with Crippen molar-refractivity contribution in [2.75, 3.05) is 13.1 Å². The van der Waals surface area contributed by atoms with Crippen molar-refractivity contribution in [2.45, 2.75) is 25.8 Å². The Labute approximate surface area is 185 Å². The summed E-state index contributed by atoms with van der Waals surface area (Å²) >= 11 is 0. The predicted octanol–water partition coefficient (Wildman–Crippen LogP) is 3.64. The number of hydrogen-bond acceptors (Lipinski definition) is 2. The molecule has 1 saturated heterocycles. The van der Waals surface area contributed by atoms with E-state index in [2.05, 4.69) is 50.5 Å². The van der Waals surface area contributed by atoms with Gasteiger partial charge >= 0.3 is 0 Å². The second-order valence-electron chi connectivity index (χ2n) is 8.89. The Hall–Kier alpha value is -3.64. The van der Waals surface area contributed by atoms with Crippen LogP contribution in [0.15, 0.2) is 65.7 Å². The molecule has 4 N–H and O–H groups in total. The van der Waals surface area contributed by atoms with Crippen LogP contribution in [0.1, 0.15) is 24.8 Å². The number of rotatable bonds is 4. The van der Waals surface area contributed by atoms with Crippen molar-refractivity contribution in [1.29, 1.82) is 0 Å². The molecule has 5 aromatic rings. The summed E-state index contributed by atoms with van der Waals surface area (Å²) in [4.78, 5) is 21.0. The Morgan fingerprint density at radius 1 is 0.844 bits per heavy atom. The van der Waals surface area contributed by atoms with Gasteiger partial charge in [-0.1, -0.05) is 12.1 Å². The number of benzene rings is 2. The van der Waals surface area contributed by atoms with E-state index in [1.165, 1.54) is 37.9 Å². The van der Waals surface area contributed by atoms with E-state index in [1.54, 1.807) is 11.1 Å². The maximum Gasteiger partial charge on any atom is 0.257 e. The molecule has 0 aliphatic carbocycles. The Morgan fingerprint density at radius 2 is 1.66 bits per heavy atom. The van der Waals surface area contributed by atoms with E-state index in [9.17, 15) is 4.79 Å². The average Bonchev–Trinajstić information content (AvgIpc) is 3.49. The molecule has 2 aromatic carbocycles. The van der Waals surface area contributed by atoms with Crippen LogP contribution in [0, 0.1) is 0 Å². The molecule has 1 fully saturated rings. The molecule has 1 aliphatic heterocycles. The van der Waals surface area contributed by atoms with Gasteiger partial charge in [0.2, 0.25) is 0 Å². The molecule has 3 aromatic heterocycles. The van der Waals surface area contributed by atoms with Crippen LogP contribution in [-0.4, -0.2) is 33.3 Å². The van der Waals surface area contributed by atoms with Gasteiger partial charge in [-0.15, -0.1) is 0 Å². The lowest BCUT2D eigenvalue weighted by Crippen LogP contribution is -3.11. The summed E-state index contributed by atoms with van der Waals surface area (Å²) in [7, 11) is 0. The third kappa shape index (κ3) is 3.52. The number of hydrogen-bond donors (Lipinski definition) is 4. The van der Waals surface area contributed by atoms with E-state index in [4.69, 9.17) is 0 Å². The number of quaternary nitrogens is 1. The number of piperidine rings is 1. The van der Waals surface area contributed by atoms with Crippen molar-refractivity contribution in [3.8, 4) is 22.4 Å². The summed E-state index contributed by atoms with van der Waals surface area (Å²) in [6.45, 7) is 3.61. The molecule has 0 unspecified atom stereocenters. The highest BCUT2D eigenvalue weighted by Crippen LogP contribution is 2.27. The van der Waals surface area contributed by atoms with Crippen LogP contribution in [0.5, 0.6) is 0 Å². The van der Waals surface area contributed by atoms with E-state index >= 15 is 0 Å². The predicted molar refractivity (Wildman–Crippen MR) is 128 cm³/mol. The van der Waals surface area contributed by atoms with Crippen LogP contribution in [0.25, 0.3) is 44.2 Å². The Bertz CT molecular complexity index is 1460. The smallest absolute Gasteiger partial charge is 0.257 e. The van der Waals surface area contributed by atoms with Crippen LogP contribution < -0.4 is 10.5 Å². The van der Waals surface area contributed by atoms with Crippen molar-refractivity contribution in [2.24, 2.45) is 0 Å². The number of likely N-dealkylation sites (tertiary alicyclic amines) is 1. The van der Waals surface area contributed by atoms with Gasteiger partial charge in [0.25, 0.3) is 5.56 Å². The number of nitrogens with zero attached hydrogens (tertiary/aromatic N) is 1. The molecule has 0 amide bonds. The maximum absolute atomic E-state index is 12.9. The molecule has 6 heteroatoms. The largest absolute Gasteiger partial charge is 0.354 e. The van der Waals surface area contributed by atoms with Crippen molar-refractivity contribution >= 4 is 21.8 Å². The third-order valence-corrected chi connectivity index (χ3v) is 6.67. The first-order chi connectivity index (χ1) is 15.7. The highest BCUT2D eigenvalue weighted by Gasteiger charge is 2.15. The second-order valence-corrected chi connectivity index (χ2v) is 8.89. The molecule has 0 bridgehead atoms. The van der Waals surface area contributed by atoms with E-state index in [1.807, 2.05) is 24.4 Å². The Morgan fingerprint density at radius 3 is 2.50 bits per heavy atom. The average molecular weight is 425 g/mol. The van der Waals surface area contributed by atoms with Gasteiger partial charge in [0.05, 0.1) is 30.5 Å². The summed E-state index contributed by atoms with van der Waals surface area (Å²) in [5.41, 5.74) is 6.74. The fourth-order valence-corrected chi connectivity index (χ4v) is 4.95. The standard InChI is InChI=1S/C26H25N5O/c32-26-22(12-20-11-18(5-7-24(20)30-26)21-14-27-28-15-21)25-13-19-10-17(4-6-23(19)29-25)16-31-8-2-1-3-9-31/h4-7,10-15,29H,1-3,8-9,16H2,(H,27,28)(H,30,32)/p+1. The van der Waals surface area contributed by atoms with Gasteiger partial charge in [0, 0.05) is 33.7 Å². The van der Waals surface area contributed by atoms with Crippen molar-refractivity contribution in [1.82, 2.24) is 20.2 Å². The molecule has 4 heterocycles. The quantitative estimate of drug-likeness (QED) is 0.355. The summed E-state index contributed by atoms with van der Waals surface area (Å²) in [6, 6.07) is 16.7. The number of nitrogens with one attached hydrogen (secondary N) is 4. The topological polar surface area (TPSA) is 81.8 Å². The van der Waals surface area contributed by atoms with E-state index in [0.717, 1.165) is 45.2 Å². The highest BCUT2D eigenvalue weighted by molar-refractivity contribution is 5.90. The summed E-state index contributed by atoms with van der Waals surface area (Å²) < 4.78 is 0. The number of aromatic amines is 3. The Kier molecular flexibility index (Phi) is 4.65. The molecule has 0 spiro atoms. The maximum atomic E-state index is 12.9. The monoisotopic (exact) mass is 424 g/mol. The van der Waals surface area contributed by atoms with Gasteiger partial charge in [-0.3, -0.25) is 9.89 Å². The van der Waals surface area contributed by atoms with E-state index < -0.39 is 0 Å². The van der Waals surface area contributed by atoms with Crippen LogP contribution in [0.4, 0.5) is 0 Å². The minimum atomic E-state index is -0.0851. The first-order valence-corrected chi connectivity index (χ1v) is 11.3. The molecule has 1 aliphatic rings. The summed E-state index contributed by atoms with van der Waals surface area (Å²) in [5, 5.41) is 9.04. The molecule has 0 atom stereocenters. The summed E-state index contributed by atoms with van der Waals surface area (Å²) in [6.07, 6.45) is 7.70. The van der Waals surface area contributed by atoms with Crippen LogP contribution in [0.2, 0.25) is 0 Å². The number of fused-ring (bicyclic) bond motifs is 2. The van der Waals surface area contributed by atoms with E-state index in [-0.39, 0.29) is 5.56 Å². The molecule has 32 heavy (non-hydrogen) atoms. The SMILES string of the molecule is O=c1[nH]c2ccc(-c3cn[nH]c3)cc2cc1-c1cc2cc(C[NH+]3CCCCC3)ccc2[nH]1. The molecular weight excluding hydrogens is 398 g/mol. The lowest BCUT2D eigenvalue weighted by atomic mass is 10.0. The van der Waals surface area contributed by atoms with Crippen LogP contribution in [0.3, 0.4) is 0 Å². The number of pyridine rings is 1. The lowest BCUT2D eigenvalue weighted by Gasteiger charge is -2.23. The van der Waals surface area contributed by atoms with Crippen LogP contribution >= 0.6 is 0 Å². The van der Waals surface area contributed by atoms with Crippen molar-refractivity contribution in [3.05, 3.63) is 76.8 Å². The van der Waals surface area contributed by atoms with Gasteiger partial charge in [-0.2, -0.15) is 5.10 Å². The minimum absolute atomic E-state index is 0.0851. The number of H-pyrrole nitrogens is 3. The van der Waals surface area contributed by atoms with Gasteiger partial charge in [-0.05, 0) is 66.6 Å². The van der Waals surface area contributed by atoms with E-state index in [0.29, 0.717) is 5.56 Å². The second kappa shape index (κ2) is 7.80. The zero-order valence-electron chi connectivity index (χ0n) is 17.9. The zero-order valence-corrected chi connectivity index (χ0v) is 17.9. The Balaban J connectivity index is 1.37.